The number of nitrogens with two attached hydrogens (primary N) is 1. The lowest BCUT2D eigenvalue weighted by Gasteiger charge is -2.13. The highest BCUT2D eigenvalue weighted by Gasteiger charge is 2.24. The molecular formula is C27H30N6O. The zero-order valence-electron chi connectivity index (χ0n) is 19.8. The zero-order chi connectivity index (χ0) is 23.8. The minimum Gasteiger partial charge on any atom is -0.399 e. The number of aryl methyl sites for hydroxylation is 1. The Hall–Kier alpha value is -3.87. The molecule has 1 aliphatic rings. The van der Waals surface area contributed by atoms with Crippen LogP contribution in [0.1, 0.15) is 42.6 Å². The number of aromatic nitrogens is 3. The molecule has 1 fully saturated rings. The van der Waals surface area contributed by atoms with Gasteiger partial charge in [-0.1, -0.05) is 32.0 Å². The van der Waals surface area contributed by atoms with Gasteiger partial charge in [0.05, 0.1) is 23.3 Å². The molecule has 4 N–H and O–H groups in total. The number of carbonyl (C=O) groups excluding carboxylic acids is 1. The highest BCUT2D eigenvalue weighted by molar-refractivity contribution is 5.95. The smallest absolute Gasteiger partial charge is 0.251 e. The summed E-state index contributed by atoms with van der Waals surface area (Å²) in [5, 5.41) is 11.5. The van der Waals surface area contributed by atoms with E-state index < -0.39 is 0 Å². The molecule has 7 heteroatoms. The van der Waals surface area contributed by atoms with Crippen LogP contribution in [0, 0.1) is 12.8 Å². The van der Waals surface area contributed by atoms with E-state index in [0.29, 0.717) is 17.5 Å². The third-order valence-electron chi connectivity index (χ3n) is 6.09. The number of fused-ring (bicyclic) bond motifs is 1. The largest absolute Gasteiger partial charge is 0.399 e. The number of imidazole rings is 1. The van der Waals surface area contributed by atoms with Gasteiger partial charge in [-0.2, -0.15) is 5.10 Å². The van der Waals surface area contributed by atoms with Gasteiger partial charge in [-0.05, 0) is 61.6 Å². The van der Waals surface area contributed by atoms with Crippen LogP contribution in [0.15, 0.2) is 54.7 Å². The fourth-order valence-electron chi connectivity index (χ4n) is 3.87. The van der Waals surface area contributed by atoms with E-state index >= 15 is 0 Å². The van der Waals surface area contributed by atoms with Crippen molar-refractivity contribution in [1.29, 1.82) is 0 Å². The molecule has 174 valence electrons. The van der Waals surface area contributed by atoms with Gasteiger partial charge in [0.1, 0.15) is 0 Å². The predicted molar refractivity (Wildman–Crippen MR) is 137 cm³/mol. The van der Waals surface area contributed by atoms with Crippen LogP contribution >= 0.6 is 0 Å². The van der Waals surface area contributed by atoms with Crippen LogP contribution in [0.5, 0.6) is 0 Å². The maximum atomic E-state index is 12.4. The number of hydrogen-bond acceptors (Lipinski definition) is 5. The summed E-state index contributed by atoms with van der Waals surface area (Å²) in [4.78, 5) is 17.1. The molecule has 2 aromatic heterocycles. The maximum Gasteiger partial charge on any atom is 0.251 e. The van der Waals surface area contributed by atoms with Crippen molar-refractivity contribution in [2.45, 2.75) is 39.7 Å². The highest BCUT2D eigenvalue weighted by atomic mass is 16.1. The first-order valence-corrected chi connectivity index (χ1v) is 11.8. The Balaban J connectivity index is 1.56. The molecule has 0 atom stereocenters. The van der Waals surface area contributed by atoms with Crippen molar-refractivity contribution in [3.63, 3.8) is 0 Å². The number of benzene rings is 2. The maximum absolute atomic E-state index is 12.4. The quantitative estimate of drug-likeness (QED) is 0.345. The molecule has 1 saturated carbocycles. The van der Waals surface area contributed by atoms with Crippen molar-refractivity contribution in [2.24, 2.45) is 5.92 Å². The fourth-order valence-corrected chi connectivity index (χ4v) is 3.87. The lowest BCUT2D eigenvalue weighted by Crippen LogP contribution is -2.25. The second kappa shape index (κ2) is 8.82. The first-order chi connectivity index (χ1) is 16.4. The van der Waals surface area contributed by atoms with Gasteiger partial charge in [-0.3, -0.25) is 4.79 Å². The number of nitrogens with zero attached hydrogens (tertiary/aromatic N) is 3. The van der Waals surface area contributed by atoms with E-state index in [2.05, 4.69) is 35.5 Å². The summed E-state index contributed by atoms with van der Waals surface area (Å²) in [6.45, 7) is 7.17. The lowest BCUT2D eigenvalue weighted by molar-refractivity contribution is 0.0951. The first kappa shape index (κ1) is 21.9. The van der Waals surface area contributed by atoms with Crippen LogP contribution in [-0.2, 0) is 0 Å². The second-order valence-electron chi connectivity index (χ2n) is 9.49. The summed E-state index contributed by atoms with van der Waals surface area (Å²) in [7, 11) is 0. The molecule has 7 nitrogen and oxygen atoms in total. The van der Waals surface area contributed by atoms with Crippen LogP contribution in [0.4, 0.5) is 11.4 Å². The van der Waals surface area contributed by atoms with E-state index in [-0.39, 0.29) is 5.91 Å². The van der Waals surface area contributed by atoms with Crippen molar-refractivity contribution in [3.05, 3.63) is 65.9 Å². The number of anilines is 2. The average molecular weight is 455 g/mol. The topological polar surface area (TPSA) is 97.3 Å². The number of carbonyl (C=O) groups is 1. The summed E-state index contributed by atoms with van der Waals surface area (Å²) in [5.41, 5.74) is 13.8. The SMILES string of the molecule is Cc1cc(-c2cc(NCC(C)C)c3ncc(-c4ccc(C(=O)NC5CC5)cc4)n3n2)ccc1N. The van der Waals surface area contributed by atoms with E-state index in [4.69, 9.17) is 10.8 Å². The van der Waals surface area contributed by atoms with Crippen molar-refractivity contribution in [3.8, 4) is 22.5 Å². The third-order valence-corrected chi connectivity index (χ3v) is 6.09. The Kier molecular flexibility index (Phi) is 5.69. The summed E-state index contributed by atoms with van der Waals surface area (Å²) in [6.07, 6.45) is 3.97. The highest BCUT2D eigenvalue weighted by Crippen LogP contribution is 2.30. The van der Waals surface area contributed by atoms with Crippen LogP contribution in [0.3, 0.4) is 0 Å². The Labute approximate surface area is 199 Å². The molecule has 34 heavy (non-hydrogen) atoms. The molecule has 0 unspecified atom stereocenters. The van der Waals surface area contributed by atoms with Gasteiger partial charge < -0.3 is 16.4 Å². The van der Waals surface area contributed by atoms with E-state index in [9.17, 15) is 4.79 Å². The Morgan fingerprint density at radius 3 is 2.53 bits per heavy atom. The molecular weight excluding hydrogens is 424 g/mol. The van der Waals surface area contributed by atoms with Gasteiger partial charge in [0.2, 0.25) is 0 Å². The number of nitrogen functional groups attached to an aromatic ring is 1. The van der Waals surface area contributed by atoms with E-state index in [0.717, 1.165) is 64.5 Å². The Bertz CT molecular complexity index is 1350. The normalized spacial score (nSPS) is 13.4. The summed E-state index contributed by atoms with van der Waals surface area (Å²) >= 11 is 0. The molecule has 4 aromatic rings. The van der Waals surface area contributed by atoms with E-state index in [1.807, 2.05) is 60.1 Å². The predicted octanol–water partition coefficient (Wildman–Crippen LogP) is 4.91. The summed E-state index contributed by atoms with van der Waals surface area (Å²) in [5.74, 6) is 0.464. The molecule has 0 spiro atoms. The molecule has 2 heterocycles. The van der Waals surface area contributed by atoms with Gasteiger partial charge in [0.25, 0.3) is 5.91 Å². The molecule has 0 radical (unpaired) electrons. The van der Waals surface area contributed by atoms with Crippen LogP contribution in [0.25, 0.3) is 28.2 Å². The Morgan fingerprint density at radius 2 is 1.85 bits per heavy atom. The average Bonchev–Trinajstić information content (AvgIpc) is 3.54. The van der Waals surface area contributed by atoms with Crippen LogP contribution in [0.2, 0.25) is 0 Å². The number of nitrogens with one attached hydrogen (secondary N) is 2. The van der Waals surface area contributed by atoms with Crippen molar-refractivity contribution in [2.75, 3.05) is 17.6 Å². The van der Waals surface area contributed by atoms with Crippen LogP contribution < -0.4 is 16.4 Å². The Morgan fingerprint density at radius 1 is 1.12 bits per heavy atom. The first-order valence-electron chi connectivity index (χ1n) is 11.8. The van der Waals surface area contributed by atoms with Crippen molar-refractivity contribution < 1.29 is 4.79 Å². The molecule has 0 aliphatic heterocycles. The molecule has 2 aromatic carbocycles. The standard InChI is InChI=1S/C27H30N6O/c1-16(2)14-29-24-13-23(20-8-11-22(28)17(3)12-20)32-33-25(15-30-26(24)33)18-4-6-19(7-5-18)27(34)31-21-9-10-21/h4-8,11-13,15-16,21,29H,9-10,14,28H2,1-3H3,(H,31,34). The van der Waals surface area contributed by atoms with Gasteiger partial charge in [-0.25, -0.2) is 9.50 Å². The van der Waals surface area contributed by atoms with Gasteiger partial charge in [0, 0.05) is 35.0 Å². The molecule has 5 rings (SSSR count). The molecule has 0 bridgehead atoms. The second-order valence-corrected chi connectivity index (χ2v) is 9.49. The number of amides is 1. The number of rotatable bonds is 7. The lowest BCUT2D eigenvalue weighted by atomic mass is 10.1. The summed E-state index contributed by atoms with van der Waals surface area (Å²) in [6, 6.07) is 16.0. The monoisotopic (exact) mass is 454 g/mol. The fraction of sp³-hybridized carbons (Fsp3) is 0.296. The van der Waals surface area contributed by atoms with E-state index in [1.54, 1.807) is 0 Å². The van der Waals surface area contributed by atoms with Gasteiger partial charge >= 0.3 is 0 Å². The molecule has 1 aliphatic carbocycles. The van der Waals surface area contributed by atoms with Gasteiger partial charge in [-0.15, -0.1) is 0 Å². The summed E-state index contributed by atoms with van der Waals surface area (Å²) < 4.78 is 1.88. The molecule has 0 saturated heterocycles. The minimum absolute atomic E-state index is 0.0218. The zero-order valence-corrected chi connectivity index (χ0v) is 19.8. The van der Waals surface area contributed by atoms with Crippen molar-refractivity contribution >= 4 is 22.9 Å². The number of hydrogen-bond donors (Lipinski definition) is 3. The van der Waals surface area contributed by atoms with E-state index in [1.165, 1.54) is 0 Å². The van der Waals surface area contributed by atoms with Crippen LogP contribution in [-0.4, -0.2) is 33.1 Å². The van der Waals surface area contributed by atoms with Crippen molar-refractivity contribution in [1.82, 2.24) is 19.9 Å². The van der Waals surface area contributed by atoms with Gasteiger partial charge in [0.15, 0.2) is 5.65 Å². The molecule has 1 amide bonds. The minimum atomic E-state index is -0.0218. The third kappa shape index (κ3) is 4.46.